The Morgan fingerprint density at radius 3 is 2.53 bits per heavy atom. The maximum atomic E-state index is 12.9. The van der Waals surface area contributed by atoms with Crippen molar-refractivity contribution in [3.8, 4) is 11.5 Å². The van der Waals surface area contributed by atoms with Crippen molar-refractivity contribution in [2.24, 2.45) is 0 Å². The summed E-state index contributed by atoms with van der Waals surface area (Å²) in [5.41, 5.74) is 6.96. The Kier molecular flexibility index (Phi) is 6.78. The summed E-state index contributed by atoms with van der Waals surface area (Å²) in [5, 5.41) is 1.25. The summed E-state index contributed by atoms with van der Waals surface area (Å²) in [7, 11) is 1.56. The fraction of sp³-hybridized carbons (Fsp3) is 0.143. The van der Waals surface area contributed by atoms with E-state index in [2.05, 4.69) is 18.1 Å². The number of amides is 2. The van der Waals surface area contributed by atoms with Crippen LogP contribution in [-0.2, 0) is 22.6 Å². The lowest BCUT2D eigenvalue weighted by atomic mass is 10.0. The van der Waals surface area contributed by atoms with Gasteiger partial charge in [-0.25, -0.2) is 5.01 Å². The van der Waals surface area contributed by atoms with Crippen LogP contribution < -0.4 is 19.9 Å². The van der Waals surface area contributed by atoms with Crippen LogP contribution in [0.1, 0.15) is 22.3 Å². The molecule has 1 fully saturated rings. The molecular weight excluding hydrogens is 428 g/mol. The zero-order valence-corrected chi connectivity index (χ0v) is 19.2. The highest BCUT2D eigenvalue weighted by Crippen LogP contribution is 2.35. The molecule has 34 heavy (non-hydrogen) atoms. The van der Waals surface area contributed by atoms with Gasteiger partial charge in [-0.3, -0.25) is 15.0 Å². The van der Waals surface area contributed by atoms with E-state index in [9.17, 15) is 9.59 Å². The van der Waals surface area contributed by atoms with Crippen molar-refractivity contribution in [2.45, 2.75) is 20.0 Å². The molecule has 3 aromatic carbocycles. The van der Waals surface area contributed by atoms with E-state index in [0.717, 1.165) is 16.7 Å². The molecule has 0 radical (unpaired) electrons. The molecule has 1 saturated heterocycles. The molecule has 0 saturated carbocycles. The number of allylic oxidation sites excluding steroid dienone is 1. The van der Waals surface area contributed by atoms with Gasteiger partial charge in [0.15, 0.2) is 11.5 Å². The number of hydrogen-bond donors (Lipinski definition) is 1. The second-order valence-corrected chi connectivity index (χ2v) is 7.96. The molecule has 6 nitrogen and oxygen atoms in total. The molecule has 1 aliphatic heterocycles. The molecule has 0 atom stereocenters. The van der Waals surface area contributed by atoms with Crippen LogP contribution in [0.15, 0.2) is 85.0 Å². The number of nitrogens with zero attached hydrogens (tertiary/aromatic N) is 1. The minimum Gasteiger partial charge on any atom is -0.493 e. The minimum atomic E-state index is -0.460. The Morgan fingerprint density at radius 1 is 1.03 bits per heavy atom. The molecule has 3 aromatic rings. The first-order valence-corrected chi connectivity index (χ1v) is 10.9. The molecule has 172 valence electrons. The molecule has 1 N–H and O–H groups in total. The lowest BCUT2D eigenvalue weighted by Gasteiger charge is -2.16. The number of benzene rings is 3. The van der Waals surface area contributed by atoms with E-state index in [1.165, 1.54) is 5.01 Å². The number of nitrogens with one attached hydrogen (secondary N) is 1. The fourth-order valence-electron chi connectivity index (χ4n) is 3.83. The monoisotopic (exact) mass is 454 g/mol. The van der Waals surface area contributed by atoms with Crippen LogP contribution in [0.5, 0.6) is 11.5 Å². The first-order valence-electron chi connectivity index (χ1n) is 10.9. The summed E-state index contributed by atoms with van der Waals surface area (Å²) < 4.78 is 11.8. The molecule has 1 aliphatic rings. The lowest BCUT2D eigenvalue weighted by Crippen LogP contribution is -2.35. The first kappa shape index (κ1) is 22.9. The van der Waals surface area contributed by atoms with Crippen LogP contribution in [0.3, 0.4) is 0 Å². The standard InChI is InChI=1S/C28H26N2O4/c1-4-9-22-15-21(16-24-27(31)29-30(28(24)32)23-12-6-5-7-13-23)17-25(33-3)26(22)34-18-20-11-8-10-19(2)14-20/h4-8,10-17H,1,9,18H2,2-3H3,(H,29,31). The second-order valence-electron chi connectivity index (χ2n) is 7.96. The summed E-state index contributed by atoms with van der Waals surface area (Å²) in [4.78, 5) is 25.5. The predicted molar refractivity (Wildman–Crippen MR) is 132 cm³/mol. The van der Waals surface area contributed by atoms with Crippen LogP contribution in [-0.4, -0.2) is 18.9 Å². The van der Waals surface area contributed by atoms with Gasteiger partial charge in [-0.05, 0) is 54.8 Å². The zero-order chi connectivity index (χ0) is 24.1. The van der Waals surface area contributed by atoms with Crippen LogP contribution in [0.25, 0.3) is 6.08 Å². The summed E-state index contributed by atoms with van der Waals surface area (Å²) in [6.45, 7) is 6.27. The molecule has 0 aliphatic carbocycles. The molecule has 0 aromatic heterocycles. The third kappa shape index (κ3) is 4.86. The molecule has 2 amide bonds. The van der Waals surface area contributed by atoms with E-state index in [0.29, 0.717) is 35.8 Å². The second kappa shape index (κ2) is 10.1. The maximum Gasteiger partial charge on any atom is 0.282 e. The largest absolute Gasteiger partial charge is 0.493 e. The number of rotatable bonds is 8. The van der Waals surface area contributed by atoms with Crippen molar-refractivity contribution in [3.63, 3.8) is 0 Å². The van der Waals surface area contributed by atoms with E-state index in [4.69, 9.17) is 9.47 Å². The Labute approximate surface area is 199 Å². The predicted octanol–water partition coefficient (Wildman–Crippen LogP) is 4.77. The molecule has 0 spiro atoms. The number of carbonyl (C=O) groups excluding carboxylic acids is 2. The minimum absolute atomic E-state index is 0.0453. The fourth-order valence-corrected chi connectivity index (χ4v) is 3.83. The van der Waals surface area contributed by atoms with Gasteiger partial charge in [-0.2, -0.15) is 0 Å². The zero-order valence-electron chi connectivity index (χ0n) is 19.2. The molecule has 6 heteroatoms. The van der Waals surface area contributed by atoms with Gasteiger partial charge in [0.1, 0.15) is 12.2 Å². The van der Waals surface area contributed by atoms with Gasteiger partial charge in [0.05, 0.1) is 12.8 Å². The van der Waals surface area contributed by atoms with Crippen molar-refractivity contribution in [1.82, 2.24) is 5.43 Å². The number of ether oxygens (including phenoxy) is 2. The van der Waals surface area contributed by atoms with E-state index in [-0.39, 0.29) is 5.57 Å². The Hall–Kier alpha value is -4.32. The van der Waals surface area contributed by atoms with Crippen LogP contribution in [0.2, 0.25) is 0 Å². The van der Waals surface area contributed by atoms with Crippen molar-refractivity contribution in [2.75, 3.05) is 12.1 Å². The average Bonchev–Trinajstić information content (AvgIpc) is 3.12. The Morgan fingerprint density at radius 2 is 1.82 bits per heavy atom. The van der Waals surface area contributed by atoms with Gasteiger partial charge in [0, 0.05) is 5.56 Å². The van der Waals surface area contributed by atoms with Crippen LogP contribution in [0.4, 0.5) is 5.69 Å². The number of anilines is 1. The van der Waals surface area contributed by atoms with E-state index < -0.39 is 11.8 Å². The quantitative estimate of drug-likeness (QED) is 0.302. The van der Waals surface area contributed by atoms with Crippen LogP contribution in [0, 0.1) is 6.92 Å². The Bertz CT molecular complexity index is 1260. The number of aryl methyl sites for hydroxylation is 1. The molecule has 0 unspecified atom stereocenters. The van der Waals surface area contributed by atoms with Crippen molar-refractivity contribution in [1.29, 1.82) is 0 Å². The number of para-hydroxylation sites is 1. The normalized spacial score (nSPS) is 14.3. The third-order valence-electron chi connectivity index (χ3n) is 5.42. The molecule has 0 bridgehead atoms. The van der Waals surface area contributed by atoms with Crippen molar-refractivity contribution in [3.05, 3.63) is 107 Å². The van der Waals surface area contributed by atoms with Crippen molar-refractivity contribution >= 4 is 23.6 Å². The highest BCUT2D eigenvalue weighted by Gasteiger charge is 2.34. The number of methoxy groups -OCH3 is 1. The molecule has 4 rings (SSSR count). The van der Waals surface area contributed by atoms with Gasteiger partial charge in [-0.1, -0.05) is 54.1 Å². The van der Waals surface area contributed by atoms with Gasteiger partial charge in [0.2, 0.25) is 0 Å². The average molecular weight is 455 g/mol. The summed E-state index contributed by atoms with van der Waals surface area (Å²) in [6.07, 6.45) is 3.88. The SMILES string of the molecule is C=CCc1cc(C=C2C(=O)NN(c3ccccc3)C2=O)cc(OC)c1OCc1cccc(C)c1. The number of carbonyl (C=O) groups is 2. The van der Waals surface area contributed by atoms with Crippen LogP contribution >= 0.6 is 0 Å². The molecule has 1 heterocycles. The van der Waals surface area contributed by atoms with Gasteiger partial charge < -0.3 is 9.47 Å². The van der Waals surface area contributed by atoms with Gasteiger partial charge >= 0.3 is 0 Å². The first-order chi connectivity index (χ1) is 16.5. The third-order valence-corrected chi connectivity index (χ3v) is 5.42. The van der Waals surface area contributed by atoms with Gasteiger partial charge in [-0.15, -0.1) is 6.58 Å². The highest BCUT2D eigenvalue weighted by atomic mass is 16.5. The summed E-state index contributed by atoms with van der Waals surface area (Å²) >= 11 is 0. The summed E-state index contributed by atoms with van der Waals surface area (Å²) in [6, 6.07) is 20.7. The lowest BCUT2D eigenvalue weighted by molar-refractivity contribution is -0.117. The van der Waals surface area contributed by atoms with E-state index in [1.807, 2.05) is 37.3 Å². The topological polar surface area (TPSA) is 67.9 Å². The van der Waals surface area contributed by atoms with E-state index in [1.54, 1.807) is 49.6 Å². The van der Waals surface area contributed by atoms with E-state index >= 15 is 0 Å². The van der Waals surface area contributed by atoms with Gasteiger partial charge in [0.25, 0.3) is 11.8 Å². The summed E-state index contributed by atoms with van der Waals surface area (Å²) in [5.74, 6) is 0.252. The van der Waals surface area contributed by atoms with Crippen molar-refractivity contribution < 1.29 is 19.1 Å². The maximum absolute atomic E-state index is 12.9. The number of hydrogen-bond acceptors (Lipinski definition) is 4. The number of hydrazine groups is 1. The molecular formula is C28H26N2O4. The Balaban J connectivity index is 1.65. The smallest absolute Gasteiger partial charge is 0.282 e. The highest BCUT2D eigenvalue weighted by molar-refractivity contribution is 6.31.